The van der Waals surface area contributed by atoms with Gasteiger partial charge in [0.15, 0.2) is 5.82 Å². The van der Waals surface area contributed by atoms with Crippen molar-refractivity contribution in [2.45, 2.75) is 26.4 Å². The van der Waals surface area contributed by atoms with Gasteiger partial charge in [-0.15, -0.1) is 10.2 Å². The van der Waals surface area contributed by atoms with Crippen LogP contribution in [0.2, 0.25) is 0 Å². The Morgan fingerprint density at radius 3 is 2.70 bits per heavy atom. The van der Waals surface area contributed by atoms with Crippen LogP contribution in [0, 0.1) is 6.92 Å². The monoisotopic (exact) mass is 276 g/mol. The number of nitrogens with zero attached hydrogens (tertiary/aromatic N) is 4. The smallest absolute Gasteiger partial charge is 0.315 e. The maximum atomic E-state index is 11.9. The number of aromatic nitrogens is 4. The van der Waals surface area contributed by atoms with E-state index in [-0.39, 0.29) is 12.1 Å². The van der Waals surface area contributed by atoms with Crippen molar-refractivity contribution in [2.75, 3.05) is 0 Å². The first kappa shape index (κ1) is 14.1. The molecule has 2 amide bonds. The lowest BCUT2D eigenvalue weighted by atomic mass is 10.3. The van der Waals surface area contributed by atoms with Gasteiger partial charge in [0.2, 0.25) is 0 Å². The van der Waals surface area contributed by atoms with Crippen molar-refractivity contribution in [1.29, 1.82) is 0 Å². The SMILES string of the molecule is Cc1ccc(CNC(=O)NC(C)c2nncn2C)n1C. The van der Waals surface area contributed by atoms with Gasteiger partial charge < -0.3 is 19.8 Å². The summed E-state index contributed by atoms with van der Waals surface area (Å²) in [5.41, 5.74) is 2.22. The molecule has 108 valence electrons. The molecule has 1 atom stereocenters. The number of carbonyl (C=O) groups is 1. The standard InChI is InChI=1S/C13H20N6O/c1-9-5-6-11(19(9)4)7-14-13(20)16-10(2)12-17-15-8-18(12)3/h5-6,8,10H,7H2,1-4H3,(H2,14,16,20). The molecule has 2 N–H and O–H groups in total. The Kier molecular flexibility index (Phi) is 4.07. The average molecular weight is 276 g/mol. The molecule has 2 aromatic heterocycles. The summed E-state index contributed by atoms with van der Waals surface area (Å²) in [7, 11) is 3.82. The van der Waals surface area contributed by atoms with Gasteiger partial charge in [-0.25, -0.2) is 4.79 Å². The molecule has 2 rings (SSSR count). The highest BCUT2D eigenvalue weighted by atomic mass is 16.2. The van der Waals surface area contributed by atoms with Crippen molar-refractivity contribution in [3.63, 3.8) is 0 Å². The molecular formula is C13H20N6O. The quantitative estimate of drug-likeness (QED) is 0.875. The number of hydrogen-bond acceptors (Lipinski definition) is 3. The van der Waals surface area contributed by atoms with Crippen LogP contribution in [0.3, 0.4) is 0 Å². The molecule has 0 saturated heterocycles. The van der Waals surface area contributed by atoms with E-state index in [0.29, 0.717) is 6.54 Å². The van der Waals surface area contributed by atoms with Crippen LogP contribution in [0.5, 0.6) is 0 Å². The molecule has 0 aliphatic rings. The third kappa shape index (κ3) is 2.98. The lowest BCUT2D eigenvalue weighted by Crippen LogP contribution is -2.37. The maximum Gasteiger partial charge on any atom is 0.315 e. The third-order valence-corrected chi connectivity index (χ3v) is 3.39. The number of nitrogens with one attached hydrogen (secondary N) is 2. The summed E-state index contributed by atoms with van der Waals surface area (Å²) in [6, 6.07) is 3.61. The second-order valence-corrected chi connectivity index (χ2v) is 4.87. The maximum absolute atomic E-state index is 11.9. The van der Waals surface area contributed by atoms with Crippen LogP contribution in [0.25, 0.3) is 0 Å². The highest BCUT2D eigenvalue weighted by molar-refractivity contribution is 5.74. The Morgan fingerprint density at radius 1 is 1.40 bits per heavy atom. The van der Waals surface area contributed by atoms with Gasteiger partial charge in [-0.05, 0) is 26.0 Å². The van der Waals surface area contributed by atoms with Crippen molar-refractivity contribution >= 4 is 6.03 Å². The molecule has 0 bridgehead atoms. The molecule has 0 saturated carbocycles. The summed E-state index contributed by atoms with van der Waals surface area (Å²) in [6.45, 7) is 4.39. The minimum absolute atomic E-state index is 0.197. The van der Waals surface area contributed by atoms with Gasteiger partial charge in [0.1, 0.15) is 6.33 Å². The first-order chi connectivity index (χ1) is 9.49. The summed E-state index contributed by atoms with van der Waals surface area (Å²) >= 11 is 0. The molecule has 2 aromatic rings. The van der Waals surface area contributed by atoms with E-state index < -0.39 is 0 Å². The fourth-order valence-corrected chi connectivity index (χ4v) is 2.01. The Hall–Kier alpha value is -2.31. The Bertz CT molecular complexity index is 600. The zero-order valence-corrected chi connectivity index (χ0v) is 12.2. The number of rotatable bonds is 4. The number of urea groups is 1. The van der Waals surface area contributed by atoms with Crippen LogP contribution in [0.15, 0.2) is 18.5 Å². The van der Waals surface area contributed by atoms with E-state index in [9.17, 15) is 4.79 Å². The second-order valence-electron chi connectivity index (χ2n) is 4.87. The summed E-state index contributed by atoms with van der Waals surface area (Å²) in [5.74, 6) is 0.717. The van der Waals surface area contributed by atoms with Crippen molar-refractivity contribution in [1.82, 2.24) is 30.0 Å². The molecule has 0 aromatic carbocycles. The van der Waals surface area contributed by atoms with Gasteiger partial charge in [-0.2, -0.15) is 0 Å². The van der Waals surface area contributed by atoms with Crippen LogP contribution >= 0.6 is 0 Å². The van der Waals surface area contributed by atoms with E-state index in [1.165, 1.54) is 0 Å². The van der Waals surface area contributed by atoms with E-state index in [1.54, 1.807) is 10.9 Å². The second kappa shape index (κ2) is 5.77. The van der Waals surface area contributed by atoms with Crippen LogP contribution < -0.4 is 10.6 Å². The first-order valence-corrected chi connectivity index (χ1v) is 6.48. The Morgan fingerprint density at radius 2 is 2.15 bits per heavy atom. The molecule has 7 nitrogen and oxygen atoms in total. The van der Waals surface area contributed by atoms with Gasteiger partial charge in [-0.3, -0.25) is 0 Å². The van der Waals surface area contributed by atoms with Crippen LogP contribution in [0.1, 0.15) is 30.2 Å². The number of hydrogen-bond donors (Lipinski definition) is 2. The number of amides is 2. The normalized spacial score (nSPS) is 12.2. The highest BCUT2D eigenvalue weighted by Gasteiger charge is 2.14. The molecule has 20 heavy (non-hydrogen) atoms. The van der Waals surface area contributed by atoms with Crippen molar-refractivity contribution in [3.8, 4) is 0 Å². The number of aryl methyl sites for hydroxylation is 2. The van der Waals surface area contributed by atoms with Gasteiger partial charge in [0.25, 0.3) is 0 Å². The van der Waals surface area contributed by atoms with Gasteiger partial charge in [0.05, 0.1) is 12.6 Å². The van der Waals surface area contributed by atoms with Crippen molar-refractivity contribution in [3.05, 3.63) is 35.7 Å². The van der Waals surface area contributed by atoms with Crippen molar-refractivity contribution < 1.29 is 4.79 Å². The van der Waals surface area contributed by atoms with Gasteiger partial charge >= 0.3 is 6.03 Å². The molecular weight excluding hydrogens is 256 g/mol. The molecule has 0 aliphatic heterocycles. The molecule has 0 aliphatic carbocycles. The molecule has 0 radical (unpaired) electrons. The number of carbonyl (C=O) groups excluding carboxylic acids is 1. The topological polar surface area (TPSA) is 76.8 Å². The summed E-state index contributed by atoms with van der Waals surface area (Å²) < 4.78 is 3.83. The zero-order chi connectivity index (χ0) is 14.7. The summed E-state index contributed by atoms with van der Waals surface area (Å²) in [6.07, 6.45) is 1.61. The summed E-state index contributed by atoms with van der Waals surface area (Å²) in [5, 5.41) is 13.4. The van der Waals surface area contributed by atoms with E-state index in [0.717, 1.165) is 17.2 Å². The Balaban J connectivity index is 1.87. The van der Waals surface area contributed by atoms with Crippen LogP contribution in [0.4, 0.5) is 4.79 Å². The molecule has 7 heteroatoms. The largest absolute Gasteiger partial charge is 0.350 e. The molecule has 2 heterocycles. The van der Waals surface area contributed by atoms with E-state index in [1.807, 2.05) is 44.6 Å². The zero-order valence-electron chi connectivity index (χ0n) is 12.2. The van der Waals surface area contributed by atoms with E-state index in [2.05, 4.69) is 20.8 Å². The lowest BCUT2D eigenvalue weighted by molar-refractivity contribution is 0.236. The predicted molar refractivity (Wildman–Crippen MR) is 74.9 cm³/mol. The van der Waals surface area contributed by atoms with Gasteiger partial charge in [-0.1, -0.05) is 0 Å². The molecule has 1 unspecified atom stereocenters. The average Bonchev–Trinajstić information content (AvgIpc) is 2.96. The fraction of sp³-hybridized carbons (Fsp3) is 0.462. The van der Waals surface area contributed by atoms with Crippen LogP contribution in [-0.2, 0) is 20.6 Å². The highest BCUT2D eigenvalue weighted by Crippen LogP contribution is 2.07. The van der Waals surface area contributed by atoms with Crippen LogP contribution in [-0.4, -0.2) is 25.4 Å². The summed E-state index contributed by atoms with van der Waals surface area (Å²) in [4.78, 5) is 11.9. The van der Waals surface area contributed by atoms with E-state index in [4.69, 9.17) is 0 Å². The molecule has 0 spiro atoms. The molecule has 0 fully saturated rings. The minimum Gasteiger partial charge on any atom is -0.350 e. The van der Waals surface area contributed by atoms with Crippen molar-refractivity contribution in [2.24, 2.45) is 14.1 Å². The first-order valence-electron chi connectivity index (χ1n) is 6.48. The van der Waals surface area contributed by atoms with E-state index >= 15 is 0 Å². The lowest BCUT2D eigenvalue weighted by Gasteiger charge is -2.14. The van der Waals surface area contributed by atoms with Gasteiger partial charge in [0, 0.05) is 25.5 Å². The predicted octanol–water partition coefficient (Wildman–Crippen LogP) is 1.02. The minimum atomic E-state index is -0.223. The fourth-order valence-electron chi connectivity index (χ4n) is 2.01. The Labute approximate surface area is 118 Å². The third-order valence-electron chi connectivity index (χ3n) is 3.39.